The van der Waals surface area contributed by atoms with Crippen LogP contribution >= 0.6 is 11.8 Å². The average molecular weight is 571 g/mol. The molecular weight excluding hydrogens is 537 g/mol. The van der Waals surface area contributed by atoms with Crippen molar-refractivity contribution in [3.8, 4) is 11.3 Å². The van der Waals surface area contributed by atoms with Crippen molar-refractivity contribution in [3.05, 3.63) is 83.6 Å². The standard InChI is InChI=1S/C31H33F3N2O3S/c1-39-29(37)17-18-35-30(38)23-9-14-26(15-10-23)40-28(19-21-5-3-2-4-6-21)24-11-16-27(36-20-24)22-7-12-25(13-8-22)31(32,33)34/h7-16,20-21,28H,2-6,17-19H2,1H3,(H,35,38)/t28-/m0/s1. The summed E-state index contributed by atoms with van der Waals surface area (Å²) in [4.78, 5) is 29.3. The summed E-state index contributed by atoms with van der Waals surface area (Å²) in [5.74, 6) is 0.000836. The Labute approximate surface area is 236 Å². The minimum absolute atomic E-state index is 0.116. The molecule has 3 aromatic rings. The fourth-order valence-corrected chi connectivity index (χ4v) is 6.17. The van der Waals surface area contributed by atoms with Gasteiger partial charge < -0.3 is 10.1 Å². The first-order valence-corrected chi connectivity index (χ1v) is 14.4. The molecule has 0 spiro atoms. The van der Waals surface area contributed by atoms with Crippen LogP contribution in [0.1, 0.15) is 71.7 Å². The Hall–Kier alpha value is -3.33. The van der Waals surface area contributed by atoms with E-state index in [4.69, 9.17) is 0 Å². The zero-order valence-corrected chi connectivity index (χ0v) is 23.2. The second-order valence-corrected chi connectivity index (χ2v) is 11.3. The van der Waals surface area contributed by atoms with Crippen LogP contribution in [0, 0.1) is 5.92 Å². The summed E-state index contributed by atoms with van der Waals surface area (Å²) in [5.41, 5.74) is 2.16. The molecule has 1 amide bonds. The minimum atomic E-state index is -4.37. The lowest BCUT2D eigenvalue weighted by molar-refractivity contribution is -0.140. The van der Waals surface area contributed by atoms with Crippen molar-refractivity contribution in [1.29, 1.82) is 0 Å². The van der Waals surface area contributed by atoms with Gasteiger partial charge in [-0.3, -0.25) is 14.6 Å². The van der Waals surface area contributed by atoms with E-state index < -0.39 is 11.7 Å². The van der Waals surface area contributed by atoms with E-state index in [9.17, 15) is 22.8 Å². The fraction of sp³-hybridized carbons (Fsp3) is 0.387. The van der Waals surface area contributed by atoms with Crippen molar-refractivity contribution in [2.24, 2.45) is 5.92 Å². The van der Waals surface area contributed by atoms with Crippen molar-refractivity contribution >= 4 is 23.6 Å². The Kier molecular flexibility index (Phi) is 10.3. The molecule has 1 fully saturated rings. The number of nitrogens with one attached hydrogen (secondary N) is 1. The summed E-state index contributed by atoms with van der Waals surface area (Å²) in [5, 5.41) is 2.87. The Morgan fingerprint density at radius 2 is 1.70 bits per heavy atom. The van der Waals surface area contributed by atoms with E-state index in [1.54, 1.807) is 23.9 Å². The number of hydrogen-bond acceptors (Lipinski definition) is 5. The Morgan fingerprint density at radius 3 is 2.30 bits per heavy atom. The molecule has 0 aliphatic heterocycles. The predicted octanol–water partition coefficient (Wildman–Crippen LogP) is 7.86. The third-order valence-electron chi connectivity index (χ3n) is 7.18. The predicted molar refractivity (Wildman–Crippen MR) is 150 cm³/mol. The molecule has 1 saturated carbocycles. The van der Waals surface area contributed by atoms with Crippen molar-refractivity contribution < 1.29 is 27.5 Å². The number of carbonyl (C=O) groups excluding carboxylic acids is 2. The highest BCUT2D eigenvalue weighted by Crippen LogP contribution is 2.43. The van der Waals surface area contributed by atoms with Crippen molar-refractivity contribution in [3.63, 3.8) is 0 Å². The number of halogens is 3. The van der Waals surface area contributed by atoms with E-state index in [0.29, 0.717) is 22.7 Å². The molecule has 1 aliphatic rings. The molecule has 0 radical (unpaired) electrons. The summed E-state index contributed by atoms with van der Waals surface area (Å²) < 4.78 is 43.4. The molecule has 4 rings (SSSR count). The lowest BCUT2D eigenvalue weighted by atomic mass is 9.85. The maximum absolute atomic E-state index is 12.9. The minimum Gasteiger partial charge on any atom is -0.469 e. The van der Waals surface area contributed by atoms with Gasteiger partial charge in [0.05, 0.1) is 24.8 Å². The molecule has 0 bridgehead atoms. The number of methoxy groups -OCH3 is 1. The number of thioether (sulfide) groups is 1. The summed E-state index contributed by atoms with van der Waals surface area (Å²) in [6.07, 6.45) is 4.76. The Bertz CT molecular complexity index is 1260. The molecule has 40 heavy (non-hydrogen) atoms. The molecule has 1 aliphatic carbocycles. The Morgan fingerprint density at radius 1 is 1.00 bits per heavy atom. The maximum atomic E-state index is 12.9. The van der Waals surface area contributed by atoms with Gasteiger partial charge in [-0.1, -0.05) is 50.3 Å². The molecule has 5 nitrogen and oxygen atoms in total. The quantitative estimate of drug-likeness (QED) is 0.199. The molecule has 1 heterocycles. The van der Waals surface area contributed by atoms with Gasteiger partial charge in [0.25, 0.3) is 5.91 Å². The van der Waals surface area contributed by atoms with Crippen LogP contribution in [0.15, 0.2) is 71.8 Å². The number of nitrogens with zero attached hydrogens (tertiary/aromatic N) is 1. The highest BCUT2D eigenvalue weighted by molar-refractivity contribution is 7.99. The van der Waals surface area contributed by atoms with Crippen LogP contribution < -0.4 is 5.32 Å². The van der Waals surface area contributed by atoms with Crippen LogP contribution in [0.4, 0.5) is 13.2 Å². The molecular formula is C31H33F3N2O3S. The van der Waals surface area contributed by atoms with Crippen LogP contribution in [-0.2, 0) is 15.7 Å². The number of rotatable bonds is 10. The highest BCUT2D eigenvalue weighted by atomic mass is 32.2. The number of benzene rings is 2. The summed E-state index contributed by atoms with van der Waals surface area (Å²) in [6.45, 7) is 0.209. The SMILES string of the molecule is COC(=O)CCNC(=O)c1ccc(S[C@@H](CC2CCCCC2)c2ccc(-c3ccc(C(F)(F)F)cc3)nc2)cc1. The second kappa shape index (κ2) is 13.8. The van der Waals surface area contributed by atoms with E-state index in [-0.39, 0.29) is 30.1 Å². The van der Waals surface area contributed by atoms with Gasteiger partial charge in [-0.15, -0.1) is 11.8 Å². The van der Waals surface area contributed by atoms with Gasteiger partial charge in [0.1, 0.15) is 0 Å². The first kappa shape index (κ1) is 29.6. The zero-order valence-electron chi connectivity index (χ0n) is 22.4. The maximum Gasteiger partial charge on any atom is 0.416 e. The van der Waals surface area contributed by atoms with E-state index >= 15 is 0 Å². The first-order valence-electron chi connectivity index (χ1n) is 13.5. The van der Waals surface area contributed by atoms with Gasteiger partial charge in [0.15, 0.2) is 0 Å². The van der Waals surface area contributed by atoms with Crippen LogP contribution in [-0.4, -0.2) is 30.5 Å². The molecule has 1 atom stereocenters. The molecule has 212 valence electrons. The van der Waals surface area contributed by atoms with E-state index in [0.717, 1.165) is 29.0 Å². The zero-order chi connectivity index (χ0) is 28.5. The van der Waals surface area contributed by atoms with Crippen LogP contribution in [0.5, 0.6) is 0 Å². The molecule has 0 saturated heterocycles. The van der Waals surface area contributed by atoms with E-state index in [1.165, 1.54) is 51.3 Å². The second-order valence-electron chi connectivity index (χ2n) is 10.0. The summed E-state index contributed by atoms with van der Waals surface area (Å²) >= 11 is 1.73. The summed E-state index contributed by atoms with van der Waals surface area (Å²) in [6, 6.07) is 16.4. The largest absolute Gasteiger partial charge is 0.469 e. The fourth-order valence-electron chi connectivity index (χ4n) is 4.91. The van der Waals surface area contributed by atoms with Crippen molar-refractivity contribution in [2.75, 3.05) is 13.7 Å². The van der Waals surface area contributed by atoms with Gasteiger partial charge in [-0.05, 0) is 60.4 Å². The Balaban J connectivity index is 1.46. The number of hydrogen-bond donors (Lipinski definition) is 1. The van der Waals surface area contributed by atoms with Gasteiger partial charge in [0, 0.05) is 34.0 Å². The third-order valence-corrected chi connectivity index (χ3v) is 8.47. The van der Waals surface area contributed by atoms with Gasteiger partial charge in [0.2, 0.25) is 0 Å². The monoisotopic (exact) mass is 570 g/mol. The third kappa shape index (κ3) is 8.34. The number of pyridine rings is 1. The molecule has 1 aromatic heterocycles. The smallest absolute Gasteiger partial charge is 0.416 e. The van der Waals surface area contributed by atoms with E-state index in [2.05, 4.69) is 15.0 Å². The summed E-state index contributed by atoms with van der Waals surface area (Å²) in [7, 11) is 1.31. The van der Waals surface area contributed by atoms with Crippen LogP contribution in [0.3, 0.4) is 0 Å². The average Bonchev–Trinajstić information content (AvgIpc) is 2.97. The molecule has 0 unspecified atom stereocenters. The molecule has 2 aromatic carbocycles. The molecule has 9 heteroatoms. The van der Waals surface area contributed by atoms with Crippen molar-refractivity contribution in [2.45, 2.75) is 61.3 Å². The number of aromatic nitrogens is 1. The normalized spacial score (nSPS) is 14.9. The number of esters is 1. The number of alkyl halides is 3. The number of carbonyl (C=O) groups is 2. The highest BCUT2D eigenvalue weighted by Gasteiger charge is 2.30. The van der Waals surface area contributed by atoms with Crippen LogP contribution in [0.2, 0.25) is 0 Å². The van der Waals surface area contributed by atoms with Crippen LogP contribution in [0.25, 0.3) is 11.3 Å². The van der Waals surface area contributed by atoms with Gasteiger partial charge in [-0.2, -0.15) is 13.2 Å². The molecule has 1 N–H and O–H groups in total. The topological polar surface area (TPSA) is 68.3 Å². The lowest BCUT2D eigenvalue weighted by Crippen LogP contribution is -2.26. The number of amides is 1. The van der Waals surface area contributed by atoms with E-state index in [1.807, 2.05) is 30.5 Å². The van der Waals surface area contributed by atoms with Gasteiger partial charge >= 0.3 is 12.1 Å². The lowest BCUT2D eigenvalue weighted by Gasteiger charge is -2.26. The first-order chi connectivity index (χ1) is 19.2. The number of ether oxygens (including phenoxy) is 1. The van der Waals surface area contributed by atoms with Crippen molar-refractivity contribution in [1.82, 2.24) is 10.3 Å². The van der Waals surface area contributed by atoms with Gasteiger partial charge in [-0.25, -0.2) is 0 Å².